The van der Waals surface area contributed by atoms with Gasteiger partial charge in [0.05, 0.1) is 15.5 Å². The van der Waals surface area contributed by atoms with Gasteiger partial charge in [-0.3, -0.25) is 0 Å². The number of halogens is 2. The van der Waals surface area contributed by atoms with E-state index in [1.54, 1.807) is 0 Å². The van der Waals surface area contributed by atoms with E-state index < -0.39 is 0 Å². The van der Waals surface area contributed by atoms with E-state index in [0.29, 0.717) is 0 Å². The molecule has 0 radical (unpaired) electrons. The van der Waals surface area contributed by atoms with E-state index in [-0.39, 0.29) is 0 Å². The summed E-state index contributed by atoms with van der Waals surface area (Å²) in [5, 5.41) is 8.29. The van der Waals surface area contributed by atoms with Gasteiger partial charge in [-0.25, -0.2) is 4.68 Å². The molecule has 1 aromatic heterocycles. The predicted molar refractivity (Wildman–Crippen MR) is 78.7 cm³/mol. The molecule has 0 spiro atoms. The van der Waals surface area contributed by atoms with Crippen LogP contribution in [-0.4, -0.2) is 16.3 Å². The van der Waals surface area contributed by atoms with Crippen molar-refractivity contribution in [3.05, 3.63) is 44.7 Å². The van der Waals surface area contributed by atoms with Crippen LogP contribution < -0.4 is 5.32 Å². The number of nitrogens with one attached hydrogen (secondary N) is 1. The summed E-state index contributed by atoms with van der Waals surface area (Å²) in [4.78, 5) is 0. The molecule has 90 valence electrons. The molecule has 3 nitrogen and oxygen atoms in total. The molecule has 0 aliphatic rings. The van der Waals surface area contributed by atoms with Crippen molar-refractivity contribution >= 4 is 34.2 Å². The van der Waals surface area contributed by atoms with Gasteiger partial charge in [-0.05, 0) is 46.8 Å². The maximum absolute atomic E-state index is 6.24. The normalized spacial score (nSPS) is 10.8. The van der Waals surface area contributed by atoms with Crippen LogP contribution in [0.25, 0.3) is 5.69 Å². The molecule has 1 heterocycles. The standard InChI is InChI=1S/C12H13ClIN3/c1-2-15-6-9-3-4-11(5-12(9)13)17-8-10(14)7-16-17/h3-5,7-8,15H,2,6H2,1H3. The first kappa shape index (κ1) is 12.9. The first-order valence-corrected chi connectivity index (χ1v) is 6.86. The monoisotopic (exact) mass is 361 g/mol. The van der Waals surface area contributed by atoms with Crippen LogP contribution in [0.4, 0.5) is 0 Å². The van der Waals surface area contributed by atoms with Crippen molar-refractivity contribution in [2.45, 2.75) is 13.5 Å². The third kappa shape index (κ3) is 3.20. The Bertz CT molecular complexity index is 510. The van der Waals surface area contributed by atoms with E-state index in [2.05, 4.69) is 39.9 Å². The molecule has 0 fully saturated rings. The van der Waals surface area contributed by atoms with Gasteiger partial charge >= 0.3 is 0 Å². The van der Waals surface area contributed by atoms with E-state index in [9.17, 15) is 0 Å². The van der Waals surface area contributed by atoms with Crippen LogP contribution in [-0.2, 0) is 6.54 Å². The van der Waals surface area contributed by atoms with Gasteiger partial charge in [0.2, 0.25) is 0 Å². The van der Waals surface area contributed by atoms with Crippen molar-refractivity contribution in [1.82, 2.24) is 15.1 Å². The second-order valence-electron chi connectivity index (χ2n) is 3.66. The summed E-state index contributed by atoms with van der Waals surface area (Å²) in [7, 11) is 0. The van der Waals surface area contributed by atoms with E-state index >= 15 is 0 Å². The van der Waals surface area contributed by atoms with Gasteiger partial charge in [-0.1, -0.05) is 24.6 Å². The Kier molecular flexibility index (Phi) is 4.42. The molecule has 0 saturated heterocycles. The zero-order valence-electron chi connectivity index (χ0n) is 9.45. The Labute approximate surface area is 119 Å². The molecule has 2 aromatic rings. The first-order valence-electron chi connectivity index (χ1n) is 5.40. The van der Waals surface area contributed by atoms with E-state index in [1.807, 2.05) is 35.3 Å². The average Bonchev–Trinajstić information content (AvgIpc) is 2.74. The lowest BCUT2D eigenvalue weighted by Crippen LogP contribution is -2.12. The summed E-state index contributed by atoms with van der Waals surface area (Å²) in [6.07, 6.45) is 3.79. The molecule has 0 bridgehead atoms. The van der Waals surface area contributed by atoms with Crippen LogP contribution in [0.1, 0.15) is 12.5 Å². The summed E-state index contributed by atoms with van der Waals surface area (Å²) in [6, 6.07) is 6.01. The molecule has 0 aliphatic heterocycles. The van der Waals surface area contributed by atoms with Crippen LogP contribution in [0.3, 0.4) is 0 Å². The lowest BCUT2D eigenvalue weighted by molar-refractivity contribution is 0.726. The molecule has 1 aromatic carbocycles. The lowest BCUT2D eigenvalue weighted by Gasteiger charge is -2.07. The van der Waals surface area contributed by atoms with Gasteiger partial charge in [0.15, 0.2) is 0 Å². The zero-order valence-corrected chi connectivity index (χ0v) is 12.4. The molecule has 17 heavy (non-hydrogen) atoms. The van der Waals surface area contributed by atoms with Gasteiger partial charge in [0.25, 0.3) is 0 Å². The summed E-state index contributed by atoms with van der Waals surface area (Å²) < 4.78 is 2.93. The molecule has 0 aliphatic carbocycles. The van der Waals surface area contributed by atoms with Gasteiger partial charge in [0, 0.05) is 17.8 Å². The Morgan fingerprint density at radius 2 is 2.29 bits per heavy atom. The smallest absolute Gasteiger partial charge is 0.0661 e. The molecule has 5 heteroatoms. The third-order valence-corrected chi connectivity index (χ3v) is 3.33. The number of aromatic nitrogens is 2. The van der Waals surface area contributed by atoms with Gasteiger partial charge < -0.3 is 5.32 Å². The molecular formula is C12H13ClIN3. The van der Waals surface area contributed by atoms with Crippen molar-refractivity contribution in [2.24, 2.45) is 0 Å². The number of hydrogen-bond acceptors (Lipinski definition) is 2. The lowest BCUT2D eigenvalue weighted by atomic mass is 10.2. The third-order valence-electron chi connectivity index (χ3n) is 2.42. The minimum absolute atomic E-state index is 0.772. The fourth-order valence-corrected chi connectivity index (χ4v) is 2.15. The largest absolute Gasteiger partial charge is 0.313 e. The van der Waals surface area contributed by atoms with Crippen molar-refractivity contribution in [3.63, 3.8) is 0 Å². The molecule has 0 amide bonds. The van der Waals surface area contributed by atoms with Gasteiger partial charge in [-0.2, -0.15) is 5.10 Å². The summed E-state index contributed by atoms with van der Waals surface area (Å²) in [6.45, 7) is 3.82. The van der Waals surface area contributed by atoms with Crippen LogP contribution >= 0.6 is 34.2 Å². The zero-order chi connectivity index (χ0) is 12.3. The molecule has 0 atom stereocenters. The number of nitrogens with zero attached hydrogens (tertiary/aromatic N) is 2. The first-order chi connectivity index (χ1) is 8.20. The number of rotatable bonds is 4. The summed E-state index contributed by atoms with van der Waals surface area (Å²) in [5.74, 6) is 0. The average molecular weight is 362 g/mol. The molecular weight excluding hydrogens is 349 g/mol. The highest BCUT2D eigenvalue weighted by molar-refractivity contribution is 14.1. The Balaban J connectivity index is 2.24. The maximum Gasteiger partial charge on any atom is 0.0661 e. The minimum atomic E-state index is 0.772. The second-order valence-corrected chi connectivity index (χ2v) is 5.31. The fourth-order valence-electron chi connectivity index (χ4n) is 1.52. The molecule has 2 rings (SSSR count). The quantitative estimate of drug-likeness (QED) is 0.847. The second kappa shape index (κ2) is 5.84. The van der Waals surface area contributed by atoms with Gasteiger partial charge in [0.1, 0.15) is 0 Å². The van der Waals surface area contributed by atoms with Crippen molar-refractivity contribution in [1.29, 1.82) is 0 Å². The molecule has 1 N–H and O–H groups in total. The summed E-state index contributed by atoms with van der Waals surface area (Å²) in [5.41, 5.74) is 2.09. The highest BCUT2D eigenvalue weighted by Crippen LogP contribution is 2.20. The van der Waals surface area contributed by atoms with Crippen LogP contribution in [0, 0.1) is 3.57 Å². The topological polar surface area (TPSA) is 29.9 Å². The van der Waals surface area contributed by atoms with Crippen LogP contribution in [0.5, 0.6) is 0 Å². The summed E-state index contributed by atoms with van der Waals surface area (Å²) >= 11 is 8.47. The maximum atomic E-state index is 6.24. The van der Waals surface area contributed by atoms with Crippen molar-refractivity contribution in [2.75, 3.05) is 6.54 Å². The van der Waals surface area contributed by atoms with Crippen molar-refractivity contribution < 1.29 is 0 Å². The number of benzene rings is 1. The Morgan fingerprint density at radius 1 is 1.47 bits per heavy atom. The van der Waals surface area contributed by atoms with E-state index in [0.717, 1.165) is 32.9 Å². The highest BCUT2D eigenvalue weighted by atomic mass is 127. The molecule has 0 saturated carbocycles. The number of hydrogen-bond donors (Lipinski definition) is 1. The predicted octanol–water partition coefficient (Wildman–Crippen LogP) is 3.24. The Hall–Kier alpha value is -0.590. The molecule has 0 unspecified atom stereocenters. The van der Waals surface area contributed by atoms with E-state index in [4.69, 9.17) is 11.6 Å². The van der Waals surface area contributed by atoms with Crippen molar-refractivity contribution in [3.8, 4) is 5.69 Å². The van der Waals surface area contributed by atoms with Crippen LogP contribution in [0.15, 0.2) is 30.6 Å². The minimum Gasteiger partial charge on any atom is -0.313 e. The van der Waals surface area contributed by atoms with E-state index in [1.165, 1.54) is 0 Å². The SMILES string of the molecule is CCNCc1ccc(-n2cc(I)cn2)cc1Cl. The van der Waals surface area contributed by atoms with Gasteiger partial charge in [-0.15, -0.1) is 0 Å². The highest BCUT2D eigenvalue weighted by Gasteiger charge is 2.04. The fraction of sp³-hybridized carbons (Fsp3) is 0.250. The Morgan fingerprint density at radius 3 is 2.88 bits per heavy atom. The van der Waals surface area contributed by atoms with Crippen LogP contribution in [0.2, 0.25) is 5.02 Å².